The zero-order valence-corrected chi connectivity index (χ0v) is 14.9. The predicted molar refractivity (Wildman–Crippen MR) is 102 cm³/mol. The van der Waals surface area contributed by atoms with Crippen molar-refractivity contribution in [2.75, 3.05) is 5.32 Å². The molecule has 0 radical (unpaired) electrons. The largest absolute Gasteiger partial charge is 0.366 e. The number of benzene rings is 2. The van der Waals surface area contributed by atoms with Crippen LogP contribution in [-0.2, 0) is 0 Å². The van der Waals surface area contributed by atoms with Crippen LogP contribution >= 0.6 is 0 Å². The molecule has 0 aliphatic heterocycles. The second-order valence-electron chi connectivity index (χ2n) is 6.21. The van der Waals surface area contributed by atoms with E-state index in [0.29, 0.717) is 16.9 Å². The fourth-order valence-corrected chi connectivity index (χ4v) is 2.81. The number of primary amides is 1. The van der Waals surface area contributed by atoms with Crippen molar-refractivity contribution in [2.24, 2.45) is 5.73 Å². The molecule has 6 heteroatoms. The molecule has 0 bridgehead atoms. The summed E-state index contributed by atoms with van der Waals surface area (Å²) in [5, 5.41) is 2.60. The average Bonchev–Trinajstić information content (AvgIpc) is 2.62. The molecule has 1 heterocycles. The first-order valence-electron chi connectivity index (χ1n) is 8.30. The Bertz CT molecular complexity index is 1010. The Morgan fingerprint density at radius 1 is 1.04 bits per heavy atom. The molecule has 0 fully saturated rings. The van der Waals surface area contributed by atoms with E-state index in [1.165, 1.54) is 6.07 Å². The third kappa shape index (κ3) is 3.84. The summed E-state index contributed by atoms with van der Waals surface area (Å²) in [5.74, 6) is -1.34. The van der Waals surface area contributed by atoms with E-state index in [9.17, 15) is 14.0 Å². The molecule has 27 heavy (non-hydrogen) atoms. The van der Waals surface area contributed by atoms with Gasteiger partial charge in [-0.05, 0) is 60.9 Å². The number of hydrogen-bond donors (Lipinski definition) is 2. The summed E-state index contributed by atoms with van der Waals surface area (Å²) >= 11 is 0. The Labute approximate surface area is 156 Å². The maximum absolute atomic E-state index is 13.9. The second-order valence-corrected chi connectivity index (χ2v) is 6.21. The number of amides is 2. The number of hydrogen-bond acceptors (Lipinski definition) is 3. The number of aryl methyl sites for hydroxylation is 2. The van der Waals surface area contributed by atoms with Crippen LogP contribution in [0.3, 0.4) is 0 Å². The zero-order valence-electron chi connectivity index (χ0n) is 14.9. The Morgan fingerprint density at radius 2 is 1.81 bits per heavy atom. The predicted octanol–water partition coefficient (Wildman–Crippen LogP) is 3.86. The van der Waals surface area contributed by atoms with Crippen molar-refractivity contribution < 1.29 is 14.0 Å². The number of rotatable bonds is 4. The normalized spacial score (nSPS) is 10.5. The van der Waals surface area contributed by atoms with Crippen LogP contribution < -0.4 is 11.1 Å². The van der Waals surface area contributed by atoms with Crippen molar-refractivity contribution in [2.45, 2.75) is 13.8 Å². The lowest BCUT2D eigenvalue weighted by atomic mass is 9.99. The highest BCUT2D eigenvalue weighted by Gasteiger charge is 2.15. The second kappa shape index (κ2) is 7.37. The van der Waals surface area contributed by atoms with Gasteiger partial charge in [0.05, 0.1) is 5.56 Å². The van der Waals surface area contributed by atoms with E-state index in [2.05, 4.69) is 10.3 Å². The molecule has 136 valence electrons. The van der Waals surface area contributed by atoms with Crippen molar-refractivity contribution in [1.29, 1.82) is 0 Å². The van der Waals surface area contributed by atoms with Crippen LogP contribution in [0.15, 0.2) is 54.7 Å². The lowest BCUT2D eigenvalue weighted by molar-refractivity contribution is 0.0997. The van der Waals surface area contributed by atoms with Crippen LogP contribution in [0, 0.1) is 19.7 Å². The molecular formula is C21H18FN3O2. The summed E-state index contributed by atoms with van der Waals surface area (Å²) < 4.78 is 13.9. The smallest absolute Gasteiger partial charge is 0.260 e. The van der Waals surface area contributed by atoms with Gasteiger partial charge >= 0.3 is 0 Å². The molecule has 0 aliphatic carbocycles. The van der Waals surface area contributed by atoms with Crippen molar-refractivity contribution in [3.05, 3.63) is 82.8 Å². The molecule has 2 amide bonds. The zero-order chi connectivity index (χ0) is 19.6. The van der Waals surface area contributed by atoms with E-state index in [-0.39, 0.29) is 5.56 Å². The minimum Gasteiger partial charge on any atom is -0.366 e. The quantitative estimate of drug-likeness (QED) is 0.738. The third-order valence-electron chi connectivity index (χ3n) is 4.29. The fraction of sp³-hybridized carbons (Fsp3) is 0.0952. The molecule has 0 spiro atoms. The van der Waals surface area contributed by atoms with Gasteiger partial charge in [0, 0.05) is 17.3 Å². The minimum absolute atomic E-state index is 0.00613. The molecule has 3 rings (SSSR count). The first-order valence-corrected chi connectivity index (χ1v) is 8.30. The summed E-state index contributed by atoms with van der Waals surface area (Å²) in [6.45, 7) is 3.58. The molecule has 1 aromatic heterocycles. The first kappa shape index (κ1) is 18.3. The number of halogens is 1. The van der Waals surface area contributed by atoms with Gasteiger partial charge in [-0.15, -0.1) is 0 Å². The first-order chi connectivity index (χ1) is 12.9. The molecule has 3 N–H and O–H groups in total. The Hall–Kier alpha value is -3.54. The molecule has 3 aromatic rings. The van der Waals surface area contributed by atoms with Gasteiger partial charge in [-0.25, -0.2) is 9.37 Å². The third-order valence-corrected chi connectivity index (χ3v) is 4.29. The van der Waals surface area contributed by atoms with Gasteiger partial charge in [-0.3, -0.25) is 9.59 Å². The maximum atomic E-state index is 13.9. The van der Waals surface area contributed by atoms with Crippen LogP contribution in [0.5, 0.6) is 0 Å². The summed E-state index contributed by atoms with van der Waals surface area (Å²) in [6.07, 6.45) is 1.58. The Balaban J connectivity index is 1.85. The number of nitrogens with zero attached hydrogens (tertiary/aromatic N) is 1. The Morgan fingerprint density at radius 3 is 2.44 bits per heavy atom. The molecule has 0 saturated carbocycles. The SMILES string of the molecule is Cc1ccc(C(N)=O)cc1-c1ccc(NC(=O)c2c(C)cccc2F)nc1. The summed E-state index contributed by atoms with van der Waals surface area (Å²) in [5.41, 5.74) is 8.83. The number of anilines is 1. The van der Waals surface area contributed by atoms with Crippen molar-refractivity contribution in [1.82, 2.24) is 4.98 Å². The van der Waals surface area contributed by atoms with Crippen molar-refractivity contribution in [3.63, 3.8) is 0 Å². The standard InChI is InChI=1S/C21H18FN3O2/c1-12-6-7-14(20(23)26)10-16(12)15-8-9-18(24-11-15)25-21(27)19-13(2)4-3-5-17(19)22/h3-11H,1-2H3,(H2,23,26)(H,24,25,27). The number of nitrogens with two attached hydrogens (primary N) is 1. The number of pyridine rings is 1. The van der Waals surface area contributed by atoms with Crippen LogP contribution in [-0.4, -0.2) is 16.8 Å². The molecule has 5 nitrogen and oxygen atoms in total. The lowest BCUT2D eigenvalue weighted by Gasteiger charge is -2.10. The number of carbonyl (C=O) groups excluding carboxylic acids is 2. The molecule has 0 unspecified atom stereocenters. The van der Waals surface area contributed by atoms with E-state index >= 15 is 0 Å². The summed E-state index contributed by atoms with van der Waals surface area (Å²) in [7, 11) is 0. The van der Waals surface area contributed by atoms with Gasteiger partial charge in [0.15, 0.2) is 0 Å². The maximum Gasteiger partial charge on any atom is 0.260 e. The number of carbonyl (C=O) groups is 2. The van der Waals surface area contributed by atoms with E-state index in [1.54, 1.807) is 49.5 Å². The van der Waals surface area contributed by atoms with Gasteiger partial charge in [0.25, 0.3) is 5.91 Å². The van der Waals surface area contributed by atoms with Gasteiger partial charge in [0.1, 0.15) is 11.6 Å². The van der Waals surface area contributed by atoms with E-state index in [4.69, 9.17) is 5.73 Å². The van der Waals surface area contributed by atoms with Crippen molar-refractivity contribution in [3.8, 4) is 11.1 Å². The molecule has 0 saturated heterocycles. The van der Waals surface area contributed by atoms with Crippen LogP contribution in [0.4, 0.5) is 10.2 Å². The van der Waals surface area contributed by atoms with Crippen LogP contribution in [0.25, 0.3) is 11.1 Å². The van der Waals surface area contributed by atoms with Gasteiger partial charge in [0.2, 0.25) is 5.91 Å². The van der Waals surface area contributed by atoms with Crippen molar-refractivity contribution >= 4 is 17.6 Å². The highest BCUT2D eigenvalue weighted by atomic mass is 19.1. The lowest BCUT2D eigenvalue weighted by Crippen LogP contribution is -2.16. The highest BCUT2D eigenvalue weighted by Crippen LogP contribution is 2.25. The molecule has 0 aliphatic rings. The fourth-order valence-electron chi connectivity index (χ4n) is 2.81. The summed E-state index contributed by atoms with van der Waals surface area (Å²) in [6, 6.07) is 13.0. The minimum atomic E-state index is -0.581. The van der Waals surface area contributed by atoms with E-state index in [0.717, 1.165) is 16.7 Å². The molecule has 2 aromatic carbocycles. The average molecular weight is 363 g/mol. The topological polar surface area (TPSA) is 85.1 Å². The van der Waals surface area contributed by atoms with Gasteiger partial charge < -0.3 is 11.1 Å². The summed E-state index contributed by atoms with van der Waals surface area (Å²) in [4.78, 5) is 28.0. The number of nitrogens with one attached hydrogen (secondary N) is 1. The van der Waals surface area contributed by atoms with E-state index < -0.39 is 17.6 Å². The van der Waals surface area contributed by atoms with Crippen LogP contribution in [0.1, 0.15) is 31.8 Å². The Kier molecular flexibility index (Phi) is 4.98. The molecule has 0 atom stereocenters. The number of aromatic nitrogens is 1. The monoisotopic (exact) mass is 363 g/mol. The van der Waals surface area contributed by atoms with Gasteiger partial charge in [-0.1, -0.05) is 18.2 Å². The highest BCUT2D eigenvalue weighted by molar-refractivity contribution is 6.05. The van der Waals surface area contributed by atoms with Gasteiger partial charge in [-0.2, -0.15) is 0 Å². The van der Waals surface area contributed by atoms with E-state index in [1.807, 2.05) is 13.0 Å². The van der Waals surface area contributed by atoms with Crippen LogP contribution in [0.2, 0.25) is 0 Å². The molecular weight excluding hydrogens is 345 g/mol.